The van der Waals surface area contributed by atoms with Crippen molar-refractivity contribution in [1.82, 2.24) is 0 Å². The number of nitrogens with two attached hydrogens (primary N) is 2. The monoisotopic (exact) mass is 450 g/mol. The zero-order chi connectivity index (χ0) is 22.6. The molecular weight excluding hydrogens is 420 g/mol. The Labute approximate surface area is 199 Å². The second kappa shape index (κ2) is 9.88. The first-order chi connectivity index (χ1) is 16.2. The van der Waals surface area contributed by atoms with Gasteiger partial charge in [-0.2, -0.15) is 0 Å². The van der Waals surface area contributed by atoms with Gasteiger partial charge in [-0.15, -0.1) is 11.3 Å². The second-order valence-electron chi connectivity index (χ2n) is 8.70. The van der Waals surface area contributed by atoms with E-state index in [0.29, 0.717) is 0 Å². The van der Waals surface area contributed by atoms with Gasteiger partial charge >= 0.3 is 0 Å². The average Bonchev–Trinajstić information content (AvgIpc) is 3.24. The number of fused-ring (bicyclic) bond motifs is 3. The summed E-state index contributed by atoms with van der Waals surface area (Å²) in [6.45, 7) is 1.48. The molecule has 0 aliphatic rings. The standard InChI is InChI=1S/C30H30N2S/c31-17-1-3-21-5-9-23(10-6-21)25-13-15-29-27(19-25)28-20-26(14-16-30(28)33-29)24-11-7-22(8-12-24)4-2-18-32/h5-16,19-20H,1-4,17-18,31-32H2. The molecule has 0 bridgehead atoms. The second-order valence-corrected chi connectivity index (χ2v) is 9.79. The Morgan fingerprint density at radius 3 is 1.27 bits per heavy atom. The van der Waals surface area contributed by atoms with Gasteiger partial charge in [0.25, 0.3) is 0 Å². The Kier molecular flexibility index (Phi) is 6.54. The molecule has 5 rings (SSSR count). The first-order valence-corrected chi connectivity index (χ1v) is 12.6. The molecule has 5 aromatic rings. The molecule has 3 heteroatoms. The fraction of sp³-hybridized carbons (Fsp3) is 0.200. The zero-order valence-corrected chi connectivity index (χ0v) is 19.7. The van der Waals surface area contributed by atoms with E-state index in [1.807, 2.05) is 11.3 Å². The molecule has 0 saturated carbocycles. The summed E-state index contributed by atoms with van der Waals surface area (Å²) in [6.07, 6.45) is 4.15. The van der Waals surface area contributed by atoms with Crippen molar-refractivity contribution < 1.29 is 0 Å². The van der Waals surface area contributed by atoms with Crippen molar-refractivity contribution in [3.8, 4) is 22.3 Å². The van der Waals surface area contributed by atoms with Crippen LogP contribution in [0, 0.1) is 0 Å². The van der Waals surface area contributed by atoms with Crippen molar-refractivity contribution in [3.63, 3.8) is 0 Å². The number of hydrogen-bond donors (Lipinski definition) is 2. The summed E-state index contributed by atoms with van der Waals surface area (Å²) in [5, 5.41) is 2.67. The minimum absolute atomic E-state index is 0.740. The highest BCUT2D eigenvalue weighted by Gasteiger charge is 2.09. The van der Waals surface area contributed by atoms with Gasteiger partial charge in [-0.05, 0) is 96.4 Å². The summed E-state index contributed by atoms with van der Waals surface area (Å²) < 4.78 is 2.67. The molecule has 0 aliphatic carbocycles. The normalized spacial score (nSPS) is 11.5. The third kappa shape index (κ3) is 4.72. The first kappa shape index (κ1) is 21.8. The summed E-state index contributed by atoms with van der Waals surface area (Å²) in [6, 6.07) is 31.6. The highest BCUT2D eigenvalue weighted by molar-refractivity contribution is 7.25. The highest BCUT2D eigenvalue weighted by atomic mass is 32.1. The quantitative estimate of drug-likeness (QED) is 0.263. The van der Waals surface area contributed by atoms with Crippen LogP contribution in [0.15, 0.2) is 84.9 Å². The minimum Gasteiger partial charge on any atom is -0.330 e. The van der Waals surface area contributed by atoms with Crippen LogP contribution < -0.4 is 11.5 Å². The van der Waals surface area contributed by atoms with E-state index in [1.54, 1.807) is 0 Å². The van der Waals surface area contributed by atoms with Gasteiger partial charge < -0.3 is 11.5 Å². The molecule has 33 heavy (non-hydrogen) atoms. The molecule has 0 spiro atoms. The molecule has 0 unspecified atom stereocenters. The third-order valence-corrected chi connectivity index (χ3v) is 7.53. The largest absolute Gasteiger partial charge is 0.330 e. The van der Waals surface area contributed by atoms with Crippen molar-refractivity contribution in [3.05, 3.63) is 96.1 Å². The third-order valence-electron chi connectivity index (χ3n) is 6.38. The van der Waals surface area contributed by atoms with Gasteiger partial charge in [-0.25, -0.2) is 0 Å². The number of thiophene rings is 1. The van der Waals surface area contributed by atoms with E-state index in [1.165, 1.54) is 53.6 Å². The van der Waals surface area contributed by atoms with Crippen molar-refractivity contribution >= 4 is 31.5 Å². The van der Waals surface area contributed by atoms with E-state index in [-0.39, 0.29) is 0 Å². The van der Waals surface area contributed by atoms with E-state index in [0.717, 1.165) is 38.8 Å². The average molecular weight is 451 g/mol. The van der Waals surface area contributed by atoms with Crippen LogP contribution in [-0.4, -0.2) is 13.1 Å². The molecule has 0 fully saturated rings. The van der Waals surface area contributed by atoms with Crippen LogP contribution in [0.5, 0.6) is 0 Å². The topological polar surface area (TPSA) is 52.0 Å². The molecule has 0 saturated heterocycles. The first-order valence-electron chi connectivity index (χ1n) is 11.8. The van der Waals surface area contributed by atoms with Crippen LogP contribution in [0.1, 0.15) is 24.0 Å². The van der Waals surface area contributed by atoms with Crippen LogP contribution in [0.3, 0.4) is 0 Å². The van der Waals surface area contributed by atoms with E-state index >= 15 is 0 Å². The van der Waals surface area contributed by atoms with Gasteiger partial charge in [0.1, 0.15) is 0 Å². The predicted molar refractivity (Wildman–Crippen MR) is 145 cm³/mol. The van der Waals surface area contributed by atoms with Gasteiger partial charge in [0.2, 0.25) is 0 Å². The number of aryl methyl sites for hydroxylation is 2. The molecule has 1 aromatic heterocycles. The maximum atomic E-state index is 5.65. The summed E-state index contributed by atoms with van der Waals surface area (Å²) in [4.78, 5) is 0. The van der Waals surface area contributed by atoms with Crippen molar-refractivity contribution in [2.24, 2.45) is 11.5 Å². The molecule has 0 amide bonds. The fourth-order valence-corrected chi connectivity index (χ4v) is 5.54. The molecule has 2 nitrogen and oxygen atoms in total. The van der Waals surface area contributed by atoms with Gasteiger partial charge in [-0.1, -0.05) is 60.7 Å². The minimum atomic E-state index is 0.740. The highest BCUT2D eigenvalue weighted by Crippen LogP contribution is 2.38. The van der Waals surface area contributed by atoms with Crippen molar-refractivity contribution in [1.29, 1.82) is 0 Å². The van der Waals surface area contributed by atoms with Crippen LogP contribution in [0.25, 0.3) is 42.4 Å². The SMILES string of the molecule is NCCCc1ccc(-c2ccc3sc4ccc(-c5ccc(CCCN)cc5)cc4c3c2)cc1. The Hall–Kier alpha value is -2.98. The Morgan fingerprint density at radius 1 is 0.485 bits per heavy atom. The maximum absolute atomic E-state index is 5.65. The molecule has 4 N–H and O–H groups in total. The predicted octanol–water partition coefficient (Wildman–Crippen LogP) is 7.17. The van der Waals surface area contributed by atoms with E-state index in [2.05, 4.69) is 84.9 Å². The van der Waals surface area contributed by atoms with Crippen molar-refractivity contribution in [2.75, 3.05) is 13.1 Å². The van der Waals surface area contributed by atoms with Gasteiger partial charge in [0.05, 0.1) is 0 Å². The summed E-state index contributed by atoms with van der Waals surface area (Å²) in [7, 11) is 0. The Balaban J connectivity index is 1.48. The smallest absolute Gasteiger partial charge is 0.0355 e. The Bertz CT molecular complexity index is 1260. The van der Waals surface area contributed by atoms with Gasteiger partial charge in [0.15, 0.2) is 0 Å². The summed E-state index contributed by atoms with van der Waals surface area (Å²) in [5.74, 6) is 0. The summed E-state index contributed by atoms with van der Waals surface area (Å²) >= 11 is 1.87. The molecule has 0 atom stereocenters. The van der Waals surface area contributed by atoms with Gasteiger partial charge in [-0.3, -0.25) is 0 Å². The van der Waals surface area contributed by atoms with E-state index < -0.39 is 0 Å². The molecular formula is C30H30N2S. The van der Waals surface area contributed by atoms with Crippen LogP contribution in [-0.2, 0) is 12.8 Å². The maximum Gasteiger partial charge on any atom is 0.0355 e. The van der Waals surface area contributed by atoms with E-state index in [9.17, 15) is 0 Å². The number of hydrogen-bond acceptors (Lipinski definition) is 3. The zero-order valence-electron chi connectivity index (χ0n) is 18.9. The summed E-state index contributed by atoms with van der Waals surface area (Å²) in [5.41, 5.74) is 19.1. The molecule has 4 aromatic carbocycles. The lowest BCUT2D eigenvalue weighted by atomic mass is 9.98. The molecule has 0 aliphatic heterocycles. The molecule has 166 valence electrons. The van der Waals surface area contributed by atoms with Crippen LogP contribution >= 0.6 is 11.3 Å². The van der Waals surface area contributed by atoms with Crippen LogP contribution in [0.2, 0.25) is 0 Å². The van der Waals surface area contributed by atoms with E-state index in [4.69, 9.17) is 11.5 Å². The number of rotatable bonds is 8. The lowest BCUT2D eigenvalue weighted by Crippen LogP contribution is -2.00. The lowest BCUT2D eigenvalue weighted by Gasteiger charge is -2.06. The molecule has 1 heterocycles. The Morgan fingerprint density at radius 2 is 0.879 bits per heavy atom. The van der Waals surface area contributed by atoms with Crippen LogP contribution in [0.4, 0.5) is 0 Å². The van der Waals surface area contributed by atoms with Crippen molar-refractivity contribution in [2.45, 2.75) is 25.7 Å². The number of benzene rings is 4. The fourth-order valence-electron chi connectivity index (χ4n) is 4.48. The lowest BCUT2D eigenvalue weighted by molar-refractivity contribution is 0.833. The van der Waals surface area contributed by atoms with Gasteiger partial charge in [0, 0.05) is 20.2 Å². The molecule has 0 radical (unpaired) electrons.